The molecular weight excluding hydrogens is 254 g/mol. The van der Waals surface area contributed by atoms with E-state index in [1.165, 1.54) is 6.08 Å². The zero-order valence-electron chi connectivity index (χ0n) is 10.9. The van der Waals surface area contributed by atoms with E-state index in [1.807, 2.05) is 19.1 Å². The van der Waals surface area contributed by atoms with Gasteiger partial charge >= 0.3 is 5.70 Å². The van der Waals surface area contributed by atoms with Gasteiger partial charge in [-0.25, -0.2) is 0 Å². The summed E-state index contributed by atoms with van der Waals surface area (Å²) in [5, 5.41) is 11.1. The number of allylic oxidation sites excluding steroid dienone is 1. The topological polar surface area (TPSA) is 60.2 Å². The third kappa shape index (κ3) is 3.17. The average molecular weight is 267 g/mol. The van der Waals surface area contributed by atoms with Crippen LogP contribution in [0.3, 0.4) is 0 Å². The number of aryl methyl sites for hydroxylation is 1. The summed E-state index contributed by atoms with van der Waals surface area (Å²) in [5.74, 6) is -0.587. The maximum absolute atomic E-state index is 12.1. The van der Waals surface area contributed by atoms with Crippen molar-refractivity contribution in [2.45, 2.75) is 6.92 Å². The SMILES string of the molecule is Cc1ccc(C=C(C(=O)c2ccccc2)[N+](=O)[O-])cc1. The molecule has 4 nitrogen and oxygen atoms in total. The van der Waals surface area contributed by atoms with Crippen molar-refractivity contribution in [1.29, 1.82) is 0 Å². The molecule has 0 heterocycles. The minimum absolute atomic E-state index is 0.308. The Labute approximate surface area is 116 Å². The van der Waals surface area contributed by atoms with Crippen molar-refractivity contribution in [3.63, 3.8) is 0 Å². The maximum Gasteiger partial charge on any atom is 0.317 e. The predicted octanol–water partition coefficient (Wildman–Crippen LogP) is 3.50. The lowest BCUT2D eigenvalue weighted by molar-refractivity contribution is -0.415. The third-order valence-corrected chi connectivity index (χ3v) is 2.85. The van der Waals surface area contributed by atoms with Gasteiger partial charge < -0.3 is 0 Å². The Bertz CT molecular complexity index is 658. The first-order chi connectivity index (χ1) is 9.58. The molecule has 0 fully saturated rings. The van der Waals surface area contributed by atoms with Crippen molar-refractivity contribution >= 4 is 11.9 Å². The lowest BCUT2D eigenvalue weighted by Crippen LogP contribution is -2.11. The highest BCUT2D eigenvalue weighted by molar-refractivity contribution is 6.09. The van der Waals surface area contributed by atoms with Crippen LogP contribution in [0.2, 0.25) is 0 Å². The molecule has 0 aliphatic rings. The molecule has 0 bridgehead atoms. The second-order valence-electron chi connectivity index (χ2n) is 4.39. The molecule has 0 aromatic heterocycles. The van der Waals surface area contributed by atoms with Gasteiger partial charge in [0.15, 0.2) is 0 Å². The summed E-state index contributed by atoms with van der Waals surface area (Å²) in [6.45, 7) is 1.93. The second kappa shape index (κ2) is 5.93. The number of rotatable bonds is 4. The number of nitrogens with zero attached hydrogens (tertiary/aromatic N) is 1. The summed E-state index contributed by atoms with van der Waals surface area (Å²) in [4.78, 5) is 22.6. The van der Waals surface area contributed by atoms with Crippen LogP contribution in [0.15, 0.2) is 60.3 Å². The van der Waals surface area contributed by atoms with Crippen LogP contribution < -0.4 is 0 Å². The molecule has 4 heteroatoms. The number of hydrogen-bond donors (Lipinski definition) is 0. The van der Waals surface area contributed by atoms with Crippen LogP contribution in [0.1, 0.15) is 21.5 Å². The number of hydrogen-bond acceptors (Lipinski definition) is 3. The van der Waals surface area contributed by atoms with Crippen molar-refractivity contribution in [2.75, 3.05) is 0 Å². The molecule has 100 valence electrons. The van der Waals surface area contributed by atoms with Crippen molar-refractivity contribution < 1.29 is 9.72 Å². The van der Waals surface area contributed by atoms with Crippen molar-refractivity contribution in [1.82, 2.24) is 0 Å². The number of ketones is 1. The van der Waals surface area contributed by atoms with Gasteiger partial charge in [-0.15, -0.1) is 0 Å². The third-order valence-electron chi connectivity index (χ3n) is 2.85. The monoisotopic (exact) mass is 267 g/mol. The summed E-state index contributed by atoms with van der Waals surface area (Å²) in [7, 11) is 0. The molecule has 0 amide bonds. The fourth-order valence-electron chi connectivity index (χ4n) is 1.76. The number of carbonyl (C=O) groups is 1. The van der Waals surface area contributed by atoms with Crippen molar-refractivity contribution in [3.8, 4) is 0 Å². The van der Waals surface area contributed by atoms with E-state index >= 15 is 0 Å². The van der Waals surface area contributed by atoms with Crippen LogP contribution in [0, 0.1) is 17.0 Å². The van der Waals surface area contributed by atoms with Gasteiger partial charge in [-0.05, 0) is 12.5 Å². The minimum atomic E-state index is -0.644. The van der Waals surface area contributed by atoms with E-state index in [4.69, 9.17) is 0 Å². The highest BCUT2D eigenvalue weighted by Crippen LogP contribution is 2.14. The van der Waals surface area contributed by atoms with E-state index in [1.54, 1.807) is 42.5 Å². The zero-order valence-corrected chi connectivity index (χ0v) is 10.9. The number of carbonyl (C=O) groups excluding carboxylic acids is 1. The Balaban J connectivity index is 2.39. The molecule has 0 aliphatic carbocycles. The van der Waals surface area contributed by atoms with Crippen LogP contribution in [0.25, 0.3) is 6.08 Å². The van der Waals surface area contributed by atoms with E-state index in [0.717, 1.165) is 5.56 Å². The lowest BCUT2D eigenvalue weighted by Gasteiger charge is -2.00. The number of benzene rings is 2. The summed E-state index contributed by atoms with van der Waals surface area (Å²) in [6.07, 6.45) is 1.30. The van der Waals surface area contributed by atoms with Crippen LogP contribution in [-0.2, 0) is 0 Å². The summed E-state index contributed by atoms with van der Waals surface area (Å²) < 4.78 is 0. The fourth-order valence-corrected chi connectivity index (χ4v) is 1.76. The van der Waals surface area contributed by atoms with Crippen LogP contribution in [0.5, 0.6) is 0 Å². The molecule has 0 saturated heterocycles. The molecular formula is C16H13NO3. The molecule has 0 spiro atoms. The molecule has 2 rings (SSSR count). The minimum Gasteiger partial charge on any atom is -0.282 e. The molecule has 0 aliphatic heterocycles. The Kier molecular flexibility index (Phi) is 4.05. The van der Waals surface area contributed by atoms with Gasteiger partial charge in [0.05, 0.1) is 4.92 Å². The van der Waals surface area contributed by atoms with Gasteiger partial charge in [0.2, 0.25) is 0 Å². The first kappa shape index (κ1) is 13.7. The summed E-state index contributed by atoms with van der Waals surface area (Å²) in [6, 6.07) is 15.4. The van der Waals surface area contributed by atoms with Crippen LogP contribution in [0.4, 0.5) is 0 Å². The van der Waals surface area contributed by atoms with Crippen LogP contribution in [-0.4, -0.2) is 10.7 Å². The predicted molar refractivity (Wildman–Crippen MR) is 76.9 cm³/mol. The first-order valence-electron chi connectivity index (χ1n) is 6.10. The van der Waals surface area contributed by atoms with Gasteiger partial charge in [0.1, 0.15) is 0 Å². The van der Waals surface area contributed by atoms with Gasteiger partial charge in [0.25, 0.3) is 5.78 Å². The molecule has 2 aromatic rings. The first-order valence-corrected chi connectivity index (χ1v) is 6.10. The Morgan fingerprint density at radius 1 is 1.05 bits per heavy atom. The lowest BCUT2D eigenvalue weighted by atomic mass is 10.1. The Morgan fingerprint density at radius 3 is 2.20 bits per heavy atom. The molecule has 0 N–H and O–H groups in total. The maximum atomic E-state index is 12.1. The molecule has 0 radical (unpaired) electrons. The van der Waals surface area contributed by atoms with Gasteiger partial charge in [0, 0.05) is 11.6 Å². The van der Waals surface area contributed by atoms with Gasteiger partial charge in [-0.1, -0.05) is 60.2 Å². The van der Waals surface area contributed by atoms with Crippen molar-refractivity contribution in [3.05, 3.63) is 87.1 Å². The molecule has 0 atom stereocenters. The highest BCUT2D eigenvalue weighted by atomic mass is 16.6. The zero-order chi connectivity index (χ0) is 14.5. The summed E-state index contributed by atoms with van der Waals surface area (Å²) in [5.41, 5.74) is 1.56. The smallest absolute Gasteiger partial charge is 0.282 e. The highest BCUT2D eigenvalue weighted by Gasteiger charge is 2.23. The largest absolute Gasteiger partial charge is 0.317 e. The standard InChI is InChI=1S/C16H13NO3/c1-12-7-9-13(10-8-12)11-15(17(19)20)16(18)14-5-3-2-4-6-14/h2-11H,1H3. The Morgan fingerprint density at radius 2 is 1.65 bits per heavy atom. The molecule has 0 saturated carbocycles. The van der Waals surface area contributed by atoms with E-state index in [2.05, 4.69) is 0 Å². The van der Waals surface area contributed by atoms with E-state index < -0.39 is 16.4 Å². The van der Waals surface area contributed by atoms with E-state index in [9.17, 15) is 14.9 Å². The van der Waals surface area contributed by atoms with Gasteiger partial charge in [-0.3, -0.25) is 14.9 Å². The second-order valence-corrected chi connectivity index (χ2v) is 4.39. The van der Waals surface area contributed by atoms with E-state index in [-0.39, 0.29) is 0 Å². The normalized spacial score (nSPS) is 11.2. The summed E-state index contributed by atoms with van der Waals surface area (Å²) >= 11 is 0. The number of Topliss-reactive ketones (excluding diaryl/α,β-unsaturated/α-hetero) is 1. The molecule has 20 heavy (non-hydrogen) atoms. The van der Waals surface area contributed by atoms with Gasteiger partial charge in [-0.2, -0.15) is 0 Å². The van der Waals surface area contributed by atoms with Crippen LogP contribution >= 0.6 is 0 Å². The van der Waals surface area contributed by atoms with Crippen molar-refractivity contribution in [2.24, 2.45) is 0 Å². The van der Waals surface area contributed by atoms with E-state index in [0.29, 0.717) is 11.1 Å². The Hall–Kier alpha value is -2.75. The average Bonchev–Trinajstić information content (AvgIpc) is 2.46. The molecule has 2 aromatic carbocycles. The molecule has 0 unspecified atom stereocenters. The quantitative estimate of drug-likeness (QED) is 0.368. The number of nitro groups is 1. The fraction of sp³-hybridized carbons (Fsp3) is 0.0625.